The summed E-state index contributed by atoms with van der Waals surface area (Å²) in [6.07, 6.45) is 8.18. The Balaban J connectivity index is 1.62. The van der Waals surface area contributed by atoms with E-state index in [0.29, 0.717) is 18.3 Å². The number of aryl methyl sites for hydroxylation is 1. The van der Waals surface area contributed by atoms with Crippen LogP contribution in [0.1, 0.15) is 50.6 Å². The van der Waals surface area contributed by atoms with E-state index in [1.807, 2.05) is 12.1 Å². The second-order valence-corrected chi connectivity index (χ2v) is 7.09. The average molecular weight is 348 g/mol. The first-order valence-corrected chi connectivity index (χ1v) is 9.61. The molecule has 130 valence electrons. The Bertz CT molecular complexity index is 648. The molecule has 2 aromatic rings. The molecule has 0 aliphatic heterocycles. The highest BCUT2D eigenvalue weighted by molar-refractivity contribution is 7.99. The van der Waals surface area contributed by atoms with Crippen molar-refractivity contribution in [3.63, 3.8) is 0 Å². The smallest absolute Gasteiger partial charge is 0.230 e. The highest BCUT2D eigenvalue weighted by Gasteiger charge is 2.19. The molecule has 24 heavy (non-hydrogen) atoms. The van der Waals surface area contributed by atoms with Crippen molar-refractivity contribution < 1.29 is 9.21 Å². The number of amides is 1. The predicted octanol–water partition coefficient (Wildman–Crippen LogP) is 3.02. The number of hydrogen-bond acceptors (Lipinski definition) is 5. The van der Waals surface area contributed by atoms with Gasteiger partial charge in [0.05, 0.1) is 18.6 Å². The number of thioether (sulfide) groups is 1. The molecular weight excluding hydrogens is 324 g/mol. The summed E-state index contributed by atoms with van der Waals surface area (Å²) < 4.78 is 7.50. The van der Waals surface area contributed by atoms with Crippen molar-refractivity contribution in [3.05, 3.63) is 30.0 Å². The molecular formula is C17H24N4O2S. The van der Waals surface area contributed by atoms with E-state index in [4.69, 9.17) is 4.42 Å². The number of nitrogens with one attached hydrogen (secondary N) is 1. The van der Waals surface area contributed by atoms with Gasteiger partial charge >= 0.3 is 0 Å². The van der Waals surface area contributed by atoms with E-state index < -0.39 is 0 Å². The molecule has 0 atom stereocenters. The predicted molar refractivity (Wildman–Crippen MR) is 92.9 cm³/mol. The van der Waals surface area contributed by atoms with Crippen molar-refractivity contribution in [1.82, 2.24) is 20.1 Å². The minimum absolute atomic E-state index is 0.0801. The van der Waals surface area contributed by atoms with Gasteiger partial charge < -0.3 is 9.73 Å². The summed E-state index contributed by atoms with van der Waals surface area (Å²) in [6, 6.07) is 4.17. The van der Waals surface area contributed by atoms with Gasteiger partial charge in [-0.1, -0.05) is 31.5 Å². The Hall–Kier alpha value is -1.76. The topological polar surface area (TPSA) is 73.0 Å². The van der Waals surface area contributed by atoms with Crippen LogP contribution in [0.15, 0.2) is 28.0 Å². The van der Waals surface area contributed by atoms with Crippen LogP contribution in [-0.2, 0) is 17.8 Å². The van der Waals surface area contributed by atoms with Gasteiger partial charge in [0, 0.05) is 12.5 Å². The Labute approximate surface area is 146 Å². The summed E-state index contributed by atoms with van der Waals surface area (Å²) in [5.41, 5.74) is 0. The lowest BCUT2D eigenvalue weighted by atomic mass is 10.2. The fraction of sp³-hybridized carbons (Fsp3) is 0.588. The molecule has 1 aliphatic carbocycles. The van der Waals surface area contributed by atoms with Crippen LogP contribution < -0.4 is 5.32 Å². The third kappa shape index (κ3) is 4.41. The van der Waals surface area contributed by atoms with Crippen molar-refractivity contribution in [1.29, 1.82) is 0 Å². The molecule has 3 rings (SSSR count). The molecule has 6 nitrogen and oxygen atoms in total. The maximum Gasteiger partial charge on any atom is 0.230 e. The Kier molecular flexibility index (Phi) is 5.96. The van der Waals surface area contributed by atoms with Gasteiger partial charge in [-0.2, -0.15) is 0 Å². The summed E-state index contributed by atoms with van der Waals surface area (Å²) in [5, 5.41) is 12.4. The van der Waals surface area contributed by atoms with Crippen LogP contribution >= 0.6 is 11.8 Å². The van der Waals surface area contributed by atoms with Crippen LogP contribution in [0.25, 0.3) is 0 Å². The Morgan fingerprint density at radius 3 is 2.96 bits per heavy atom. The van der Waals surface area contributed by atoms with Crippen LogP contribution in [-0.4, -0.2) is 32.5 Å². The molecule has 1 fully saturated rings. The van der Waals surface area contributed by atoms with Crippen LogP contribution in [0, 0.1) is 0 Å². The highest BCUT2D eigenvalue weighted by atomic mass is 32.2. The van der Waals surface area contributed by atoms with Crippen molar-refractivity contribution in [2.75, 3.05) is 5.75 Å². The molecule has 2 aromatic heterocycles. The first-order valence-electron chi connectivity index (χ1n) is 8.63. The van der Waals surface area contributed by atoms with Crippen molar-refractivity contribution >= 4 is 17.7 Å². The molecule has 1 amide bonds. The number of aromatic nitrogens is 3. The zero-order valence-corrected chi connectivity index (χ0v) is 14.8. The minimum Gasteiger partial charge on any atom is -0.467 e. The van der Waals surface area contributed by atoms with Gasteiger partial charge in [-0.25, -0.2) is 0 Å². The average Bonchev–Trinajstić information content (AvgIpc) is 3.30. The number of nitrogens with zero attached hydrogens (tertiary/aromatic N) is 3. The van der Waals surface area contributed by atoms with Gasteiger partial charge in [0.15, 0.2) is 5.16 Å². The second kappa shape index (κ2) is 8.37. The molecule has 1 N–H and O–H groups in total. The summed E-state index contributed by atoms with van der Waals surface area (Å²) in [5.74, 6) is 2.26. The fourth-order valence-electron chi connectivity index (χ4n) is 3.02. The highest BCUT2D eigenvalue weighted by Crippen LogP contribution is 2.21. The lowest BCUT2D eigenvalue weighted by Gasteiger charge is -2.12. The lowest BCUT2D eigenvalue weighted by molar-refractivity contribution is -0.119. The summed E-state index contributed by atoms with van der Waals surface area (Å²) in [4.78, 5) is 12.1. The maximum atomic E-state index is 12.1. The fourth-order valence-corrected chi connectivity index (χ4v) is 3.79. The third-order valence-corrected chi connectivity index (χ3v) is 5.18. The Morgan fingerprint density at radius 2 is 2.25 bits per heavy atom. The van der Waals surface area contributed by atoms with Gasteiger partial charge in [0.2, 0.25) is 5.91 Å². The molecule has 1 aliphatic rings. The molecule has 0 unspecified atom stereocenters. The number of carbonyl (C=O) groups excluding carboxylic acids is 1. The minimum atomic E-state index is 0.0801. The van der Waals surface area contributed by atoms with E-state index >= 15 is 0 Å². The normalized spacial score (nSPS) is 15.0. The zero-order chi connectivity index (χ0) is 16.8. The lowest BCUT2D eigenvalue weighted by Crippen LogP contribution is -2.33. The number of carbonyl (C=O) groups is 1. The zero-order valence-electron chi connectivity index (χ0n) is 14.0. The number of hydrogen-bond donors (Lipinski definition) is 1. The third-order valence-electron chi connectivity index (χ3n) is 4.21. The maximum absolute atomic E-state index is 12.1. The summed E-state index contributed by atoms with van der Waals surface area (Å²) in [7, 11) is 0. The number of furan rings is 1. The SMILES string of the molecule is CCCc1nnc(SCC(=O)NC2CCCC2)n1Cc1ccco1. The molecule has 0 spiro atoms. The summed E-state index contributed by atoms with van der Waals surface area (Å²) >= 11 is 1.44. The largest absolute Gasteiger partial charge is 0.467 e. The van der Waals surface area contributed by atoms with Gasteiger partial charge in [0.25, 0.3) is 0 Å². The van der Waals surface area contributed by atoms with Crippen LogP contribution in [0.4, 0.5) is 0 Å². The van der Waals surface area contributed by atoms with Crippen LogP contribution in [0.5, 0.6) is 0 Å². The van der Waals surface area contributed by atoms with Crippen molar-refractivity contribution in [2.24, 2.45) is 0 Å². The van der Waals surface area contributed by atoms with E-state index in [0.717, 1.165) is 42.4 Å². The molecule has 2 heterocycles. The first-order chi connectivity index (χ1) is 11.8. The molecule has 0 radical (unpaired) electrons. The van der Waals surface area contributed by atoms with Gasteiger partial charge in [-0.3, -0.25) is 9.36 Å². The second-order valence-electron chi connectivity index (χ2n) is 6.15. The van der Waals surface area contributed by atoms with E-state index in [1.54, 1.807) is 6.26 Å². The van der Waals surface area contributed by atoms with E-state index in [2.05, 4.69) is 27.0 Å². The van der Waals surface area contributed by atoms with Gasteiger partial charge in [0.1, 0.15) is 11.6 Å². The molecule has 0 aromatic carbocycles. The first kappa shape index (κ1) is 17.1. The standard InChI is InChI=1S/C17H24N4O2S/c1-2-6-15-19-20-17(21(15)11-14-9-5-10-23-14)24-12-16(22)18-13-7-3-4-8-13/h5,9-10,13H,2-4,6-8,11-12H2,1H3,(H,18,22). The van der Waals surface area contributed by atoms with Gasteiger partial charge in [-0.05, 0) is 31.4 Å². The van der Waals surface area contributed by atoms with E-state index in [-0.39, 0.29) is 5.91 Å². The quantitative estimate of drug-likeness (QED) is 0.742. The van der Waals surface area contributed by atoms with Gasteiger partial charge in [-0.15, -0.1) is 10.2 Å². The van der Waals surface area contributed by atoms with Crippen LogP contribution in [0.2, 0.25) is 0 Å². The summed E-state index contributed by atoms with van der Waals surface area (Å²) in [6.45, 7) is 2.72. The molecule has 0 bridgehead atoms. The van der Waals surface area contributed by atoms with Crippen molar-refractivity contribution in [2.45, 2.75) is 63.2 Å². The number of rotatable bonds is 8. The molecule has 0 saturated heterocycles. The molecule has 1 saturated carbocycles. The Morgan fingerprint density at radius 1 is 1.42 bits per heavy atom. The van der Waals surface area contributed by atoms with Crippen molar-refractivity contribution in [3.8, 4) is 0 Å². The monoisotopic (exact) mass is 348 g/mol. The van der Waals surface area contributed by atoms with Crippen LogP contribution in [0.3, 0.4) is 0 Å². The van der Waals surface area contributed by atoms with E-state index in [9.17, 15) is 4.79 Å². The van der Waals surface area contributed by atoms with E-state index in [1.165, 1.54) is 24.6 Å². The molecule has 7 heteroatoms.